The summed E-state index contributed by atoms with van der Waals surface area (Å²) in [5, 5.41) is 3.78. The third-order valence-corrected chi connectivity index (χ3v) is 2.93. The molecule has 4 heteroatoms. The number of nitrogens with one attached hydrogen (secondary N) is 1. The van der Waals surface area contributed by atoms with Gasteiger partial charge in [-0.25, -0.2) is 0 Å². The summed E-state index contributed by atoms with van der Waals surface area (Å²) in [7, 11) is 1.68. The molecule has 2 rings (SSSR count). The third-order valence-electron chi connectivity index (χ3n) is 2.60. The number of nitrogen functional groups attached to an aromatic ring is 1. The van der Waals surface area contributed by atoms with Gasteiger partial charge in [0.05, 0.1) is 23.0 Å². The van der Waals surface area contributed by atoms with Crippen LogP contribution in [0, 0.1) is 0 Å². The van der Waals surface area contributed by atoms with Crippen molar-refractivity contribution < 1.29 is 4.74 Å². The Labute approximate surface area is 112 Å². The van der Waals surface area contributed by atoms with Crippen LogP contribution in [-0.4, -0.2) is 7.11 Å². The van der Waals surface area contributed by atoms with Gasteiger partial charge in [0, 0.05) is 12.8 Å². The van der Waals surface area contributed by atoms with Crippen molar-refractivity contribution in [1.29, 1.82) is 0 Å². The summed E-state index contributed by atoms with van der Waals surface area (Å²) < 4.78 is 5.06. The zero-order valence-corrected chi connectivity index (χ0v) is 10.9. The standard InChI is InChI=1S/C14H15ClN2O/c1-18-9-10-5-7-11(8-6-10)17-13-4-2-3-12(15)14(13)16/h2-8,17H,9,16H2,1H3. The molecule has 94 valence electrons. The highest BCUT2D eigenvalue weighted by atomic mass is 35.5. The highest BCUT2D eigenvalue weighted by molar-refractivity contribution is 6.33. The molecular weight excluding hydrogens is 248 g/mol. The van der Waals surface area contributed by atoms with Gasteiger partial charge in [0.2, 0.25) is 0 Å². The summed E-state index contributed by atoms with van der Waals surface area (Å²) in [5.41, 5.74) is 9.35. The SMILES string of the molecule is COCc1ccc(Nc2cccc(Cl)c2N)cc1. The number of ether oxygens (including phenoxy) is 1. The van der Waals surface area contributed by atoms with Gasteiger partial charge in [-0.2, -0.15) is 0 Å². The van der Waals surface area contributed by atoms with Crippen molar-refractivity contribution in [2.75, 3.05) is 18.2 Å². The average Bonchev–Trinajstić information content (AvgIpc) is 2.38. The second-order valence-corrected chi connectivity index (χ2v) is 4.36. The molecule has 0 aliphatic carbocycles. The average molecular weight is 263 g/mol. The van der Waals surface area contributed by atoms with E-state index in [1.165, 1.54) is 0 Å². The Morgan fingerprint density at radius 2 is 1.89 bits per heavy atom. The number of hydrogen-bond acceptors (Lipinski definition) is 3. The van der Waals surface area contributed by atoms with E-state index in [2.05, 4.69) is 5.32 Å². The van der Waals surface area contributed by atoms with Crippen LogP contribution in [0.2, 0.25) is 5.02 Å². The van der Waals surface area contributed by atoms with Gasteiger partial charge in [-0.15, -0.1) is 0 Å². The predicted molar refractivity (Wildman–Crippen MR) is 76.3 cm³/mol. The van der Waals surface area contributed by atoms with Crippen LogP contribution in [0.1, 0.15) is 5.56 Å². The summed E-state index contributed by atoms with van der Waals surface area (Å²) in [6, 6.07) is 13.5. The van der Waals surface area contributed by atoms with E-state index in [1.807, 2.05) is 36.4 Å². The fourth-order valence-electron chi connectivity index (χ4n) is 1.65. The maximum Gasteiger partial charge on any atom is 0.0742 e. The number of hydrogen-bond donors (Lipinski definition) is 2. The van der Waals surface area contributed by atoms with Gasteiger partial charge in [0.15, 0.2) is 0 Å². The van der Waals surface area contributed by atoms with Gasteiger partial charge in [0.25, 0.3) is 0 Å². The molecule has 2 aromatic carbocycles. The molecule has 2 aromatic rings. The number of rotatable bonds is 4. The lowest BCUT2D eigenvalue weighted by atomic mass is 10.2. The predicted octanol–water partition coefficient (Wildman–Crippen LogP) is 3.81. The molecular formula is C14H15ClN2O. The zero-order chi connectivity index (χ0) is 13.0. The quantitative estimate of drug-likeness (QED) is 0.824. The number of halogens is 1. The van der Waals surface area contributed by atoms with Gasteiger partial charge >= 0.3 is 0 Å². The monoisotopic (exact) mass is 262 g/mol. The molecule has 3 nitrogen and oxygen atoms in total. The van der Waals surface area contributed by atoms with E-state index >= 15 is 0 Å². The highest BCUT2D eigenvalue weighted by Gasteiger charge is 2.03. The van der Waals surface area contributed by atoms with Crippen molar-refractivity contribution in [3.05, 3.63) is 53.1 Å². The van der Waals surface area contributed by atoms with Gasteiger partial charge in [-0.1, -0.05) is 29.8 Å². The minimum absolute atomic E-state index is 0.552. The minimum atomic E-state index is 0.552. The maximum atomic E-state index is 5.96. The lowest BCUT2D eigenvalue weighted by molar-refractivity contribution is 0.185. The van der Waals surface area contributed by atoms with Crippen molar-refractivity contribution in [2.24, 2.45) is 0 Å². The first-order valence-corrected chi connectivity index (χ1v) is 5.97. The Morgan fingerprint density at radius 3 is 2.56 bits per heavy atom. The Morgan fingerprint density at radius 1 is 1.17 bits per heavy atom. The van der Waals surface area contributed by atoms with E-state index < -0.39 is 0 Å². The Kier molecular flexibility index (Phi) is 4.07. The molecule has 0 aliphatic rings. The number of benzene rings is 2. The molecule has 0 saturated heterocycles. The highest BCUT2D eigenvalue weighted by Crippen LogP contribution is 2.29. The van der Waals surface area contributed by atoms with Crippen LogP contribution >= 0.6 is 11.6 Å². The first-order chi connectivity index (χ1) is 8.70. The van der Waals surface area contributed by atoms with Crippen LogP contribution < -0.4 is 11.1 Å². The molecule has 0 aromatic heterocycles. The fourth-order valence-corrected chi connectivity index (χ4v) is 1.83. The molecule has 0 radical (unpaired) electrons. The van der Waals surface area contributed by atoms with Crippen molar-refractivity contribution in [3.63, 3.8) is 0 Å². The van der Waals surface area contributed by atoms with E-state index in [0.717, 1.165) is 16.9 Å². The zero-order valence-electron chi connectivity index (χ0n) is 10.1. The van der Waals surface area contributed by atoms with Crippen LogP contribution in [0.4, 0.5) is 17.1 Å². The van der Waals surface area contributed by atoms with Crippen molar-refractivity contribution in [2.45, 2.75) is 6.61 Å². The summed E-state index contributed by atoms with van der Waals surface area (Å²) in [5.74, 6) is 0. The normalized spacial score (nSPS) is 10.3. The summed E-state index contributed by atoms with van der Waals surface area (Å²) in [4.78, 5) is 0. The van der Waals surface area contributed by atoms with Gasteiger partial charge in [-0.05, 0) is 29.8 Å². The van der Waals surface area contributed by atoms with E-state index in [9.17, 15) is 0 Å². The molecule has 0 amide bonds. The van der Waals surface area contributed by atoms with Crippen molar-refractivity contribution in [3.8, 4) is 0 Å². The van der Waals surface area contributed by atoms with E-state index in [1.54, 1.807) is 13.2 Å². The molecule has 0 spiro atoms. The Balaban J connectivity index is 2.16. The van der Waals surface area contributed by atoms with Crippen LogP contribution in [0.3, 0.4) is 0 Å². The third kappa shape index (κ3) is 2.94. The topological polar surface area (TPSA) is 47.3 Å². The molecule has 0 heterocycles. The molecule has 18 heavy (non-hydrogen) atoms. The molecule has 0 fully saturated rings. The van der Waals surface area contributed by atoms with Gasteiger partial charge < -0.3 is 15.8 Å². The number of anilines is 3. The van der Waals surface area contributed by atoms with Crippen LogP contribution in [0.15, 0.2) is 42.5 Å². The molecule has 0 unspecified atom stereocenters. The van der Waals surface area contributed by atoms with E-state index in [0.29, 0.717) is 17.3 Å². The van der Waals surface area contributed by atoms with Crippen LogP contribution in [0.5, 0.6) is 0 Å². The largest absolute Gasteiger partial charge is 0.396 e. The second-order valence-electron chi connectivity index (χ2n) is 3.96. The molecule has 0 aliphatic heterocycles. The van der Waals surface area contributed by atoms with E-state index in [4.69, 9.17) is 22.1 Å². The maximum absolute atomic E-state index is 5.96. The Bertz CT molecular complexity index is 526. The number of methoxy groups -OCH3 is 1. The van der Waals surface area contributed by atoms with Crippen LogP contribution in [-0.2, 0) is 11.3 Å². The second kappa shape index (κ2) is 5.76. The molecule has 3 N–H and O–H groups in total. The lowest BCUT2D eigenvalue weighted by Gasteiger charge is -2.10. The first kappa shape index (κ1) is 12.7. The summed E-state index contributed by atoms with van der Waals surface area (Å²) in [6.07, 6.45) is 0. The fraction of sp³-hybridized carbons (Fsp3) is 0.143. The van der Waals surface area contributed by atoms with Crippen molar-refractivity contribution in [1.82, 2.24) is 0 Å². The van der Waals surface area contributed by atoms with Crippen molar-refractivity contribution >= 4 is 28.7 Å². The molecule has 0 bridgehead atoms. The first-order valence-electron chi connectivity index (χ1n) is 5.59. The smallest absolute Gasteiger partial charge is 0.0742 e. The van der Waals surface area contributed by atoms with E-state index in [-0.39, 0.29) is 0 Å². The number of nitrogens with two attached hydrogens (primary N) is 1. The number of para-hydroxylation sites is 1. The lowest BCUT2D eigenvalue weighted by Crippen LogP contribution is -1.97. The van der Waals surface area contributed by atoms with Crippen LogP contribution in [0.25, 0.3) is 0 Å². The Hall–Kier alpha value is -1.71. The van der Waals surface area contributed by atoms with Gasteiger partial charge in [-0.3, -0.25) is 0 Å². The minimum Gasteiger partial charge on any atom is -0.396 e. The van der Waals surface area contributed by atoms with Gasteiger partial charge in [0.1, 0.15) is 0 Å². The summed E-state index contributed by atoms with van der Waals surface area (Å²) >= 11 is 5.96. The molecule has 0 atom stereocenters. The summed E-state index contributed by atoms with van der Waals surface area (Å²) in [6.45, 7) is 0.611. The molecule has 0 saturated carbocycles.